The van der Waals surface area contributed by atoms with Gasteiger partial charge in [0, 0.05) is 23.6 Å². The van der Waals surface area contributed by atoms with E-state index in [-0.39, 0.29) is 17.6 Å². The van der Waals surface area contributed by atoms with E-state index in [1.54, 1.807) is 12.1 Å². The summed E-state index contributed by atoms with van der Waals surface area (Å²) in [6.07, 6.45) is 3.33. The minimum absolute atomic E-state index is 0.0619. The quantitative estimate of drug-likeness (QED) is 0.444. The minimum Gasteiger partial charge on any atom is -0.369 e. The second kappa shape index (κ2) is 9.61. The molecule has 0 atom stereocenters. The van der Waals surface area contributed by atoms with Crippen molar-refractivity contribution in [2.45, 2.75) is 19.4 Å². The van der Waals surface area contributed by atoms with Crippen molar-refractivity contribution in [1.82, 2.24) is 14.7 Å². The highest BCUT2D eigenvalue weighted by atomic mass is 19.1. The number of carbonyl (C=O) groups excluding carboxylic acids is 1. The first-order valence-corrected chi connectivity index (χ1v) is 11.6. The summed E-state index contributed by atoms with van der Waals surface area (Å²) in [5.41, 5.74) is 10.8. The average Bonchev–Trinajstić information content (AvgIpc) is 3.28. The van der Waals surface area contributed by atoms with Crippen LogP contribution in [0.1, 0.15) is 18.4 Å². The number of carbonyl (C=O) groups is 1. The molecular weight excluding hydrogens is 427 g/mol. The summed E-state index contributed by atoms with van der Waals surface area (Å²) in [5, 5.41) is 4.66. The van der Waals surface area contributed by atoms with Crippen LogP contribution in [0.3, 0.4) is 0 Å². The third kappa shape index (κ3) is 4.50. The molecule has 3 aromatic carbocycles. The molecule has 0 saturated carbocycles. The summed E-state index contributed by atoms with van der Waals surface area (Å²) in [6.45, 7) is 2.19. The van der Waals surface area contributed by atoms with Crippen molar-refractivity contribution in [3.05, 3.63) is 96.4 Å². The number of nitrogens with two attached hydrogens (primary N) is 1. The number of nitrogens with zero attached hydrogens (tertiary/aromatic N) is 3. The number of likely N-dealkylation sites (tertiary alicyclic amines) is 1. The summed E-state index contributed by atoms with van der Waals surface area (Å²) >= 11 is 0. The van der Waals surface area contributed by atoms with Gasteiger partial charge in [0.05, 0.1) is 17.6 Å². The molecule has 0 radical (unpaired) electrons. The number of benzene rings is 3. The van der Waals surface area contributed by atoms with E-state index < -0.39 is 0 Å². The normalized spacial score (nSPS) is 14.9. The van der Waals surface area contributed by atoms with Gasteiger partial charge in [0.15, 0.2) is 0 Å². The van der Waals surface area contributed by atoms with Gasteiger partial charge in [-0.15, -0.1) is 0 Å². The van der Waals surface area contributed by atoms with Crippen LogP contribution in [-0.4, -0.2) is 33.7 Å². The number of hydrogen-bond acceptors (Lipinski definition) is 3. The summed E-state index contributed by atoms with van der Waals surface area (Å²) in [5.74, 6) is -0.564. The Morgan fingerprint density at radius 2 is 1.56 bits per heavy atom. The zero-order valence-corrected chi connectivity index (χ0v) is 18.9. The van der Waals surface area contributed by atoms with Crippen LogP contribution in [0.5, 0.6) is 0 Å². The van der Waals surface area contributed by atoms with Crippen molar-refractivity contribution >= 4 is 5.91 Å². The molecule has 172 valence electrons. The van der Waals surface area contributed by atoms with Crippen LogP contribution in [0.25, 0.3) is 28.1 Å². The van der Waals surface area contributed by atoms with E-state index in [1.807, 2.05) is 47.3 Å². The van der Waals surface area contributed by atoms with Gasteiger partial charge in [-0.3, -0.25) is 9.69 Å². The third-order valence-corrected chi connectivity index (χ3v) is 6.58. The van der Waals surface area contributed by atoms with Gasteiger partial charge in [0.25, 0.3) is 0 Å². The van der Waals surface area contributed by atoms with Crippen LogP contribution in [0.2, 0.25) is 0 Å². The lowest BCUT2D eigenvalue weighted by molar-refractivity contribution is -0.123. The van der Waals surface area contributed by atoms with E-state index in [9.17, 15) is 9.18 Å². The van der Waals surface area contributed by atoms with Crippen molar-refractivity contribution in [3.63, 3.8) is 0 Å². The molecule has 0 bridgehead atoms. The molecule has 4 aromatic rings. The maximum absolute atomic E-state index is 14.9. The van der Waals surface area contributed by atoms with Gasteiger partial charge in [-0.1, -0.05) is 54.6 Å². The smallest absolute Gasteiger partial charge is 0.220 e. The topological polar surface area (TPSA) is 64.2 Å². The van der Waals surface area contributed by atoms with E-state index in [0.29, 0.717) is 12.1 Å². The fourth-order valence-electron chi connectivity index (χ4n) is 4.68. The second-order valence-electron chi connectivity index (χ2n) is 8.78. The lowest BCUT2D eigenvalue weighted by Gasteiger charge is -2.30. The summed E-state index contributed by atoms with van der Waals surface area (Å²) in [4.78, 5) is 13.8. The highest BCUT2D eigenvalue weighted by Crippen LogP contribution is 2.31. The Hall–Kier alpha value is -3.77. The molecule has 1 aliphatic rings. The highest BCUT2D eigenvalue weighted by Gasteiger charge is 2.25. The van der Waals surface area contributed by atoms with Crippen LogP contribution < -0.4 is 5.73 Å². The van der Waals surface area contributed by atoms with Crippen LogP contribution in [0, 0.1) is 11.7 Å². The lowest BCUT2D eigenvalue weighted by atomic mass is 9.96. The standard InChI is InChI=1S/C28H27FN4O/c29-26-9-5-4-8-25(26)27-23(19-32-16-14-22(15-17-32)28(30)34)18-31-33(27)24-12-10-21(11-13-24)20-6-2-1-3-7-20/h1-13,18,22H,14-17,19H2,(H2,30,34). The van der Waals surface area contributed by atoms with E-state index in [2.05, 4.69) is 34.3 Å². The predicted octanol–water partition coefficient (Wildman–Crippen LogP) is 5.04. The largest absolute Gasteiger partial charge is 0.369 e. The summed E-state index contributed by atoms with van der Waals surface area (Å²) < 4.78 is 16.7. The Morgan fingerprint density at radius 3 is 2.24 bits per heavy atom. The van der Waals surface area contributed by atoms with Gasteiger partial charge in [-0.2, -0.15) is 5.10 Å². The van der Waals surface area contributed by atoms with Gasteiger partial charge in [0.2, 0.25) is 5.91 Å². The molecule has 1 saturated heterocycles. The lowest BCUT2D eigenvalue weighted by Crippen LogP contribution is -2.38. The number of piperidine rings is 1. The predicted molar refractivity (Wildman–Crippen MR) is 132 cm³/mol. The number of amides is 1. The Balaban J connectivity index is 1.48. The summed E-state index contributed by atoms with van der Waals surface area (Å²) in [6, 6.07) is 25.2. The van der Waals surface area contributed by atoms with Crippen LogP contribution in [-0.2, 0) is 11.3 Å². The molecule has 5 rings (SSSR count). The third-order valence-electron chi connectivity index (χ3n) is 6.58. The maximum Gasteiger partial charge on any atom is 0.220 e. The molecule has 0 unspecified atom stereocenters. The number of rotatable bonds is 6. The number of primary amides is 1. The van der Waals surface area contributed by atoms with Gasteiger partial charge in [0.1, 0.15) is 5.82 Å². The fraction of sp³-hybridized carbons (Fsp3) is 0.214. The summed E-state index contributed by atoms with van der Waals surface area (Å²) in [7, 11) is 0. The van der Waals surface area contributed by atoms with Crippen molar-refractivity contribution < 1.29 is 9.18 Å². The van der Waals surface area contributed by atoms with Crippen LogP contribution in [0.15, 0.2) is 85.1 Å². The van der Waals surface area contributed by atoms with Crippen molar-refractivity contribution in [3.8, 4) is 28.1 Å². The van der Waals surface area contributed by atoms with E-state index >= 15 is 0 Å². The molecular formula is C28H27FN4O. The number of halogens is 1. The molecule has 0 spiro atoms. The monoisotopic (exact) mass is 454 g/mol. The molecule has 34 heavy (non-hydrogen) atoms. The molecule has 2 heterocycles. The van der Waals surface area contributed by atoms with Gasteiger partial charge >= 0.3 is 0 Å². The van der Waals surface area contributed by atoms with Gasteiger partial charge in [-0.05, 0) is 61.3 Å². The van der Waals surface area contributed by atoms with Crippen molar-refractivity contribution in [1.29, 1.82) is 0 Å². The zero-order valence-electron chi connectivity index (χ0n) is 18.9. The Labute approximate surface area is 198 Å². The van der Waals surface area contributed by atoms with E-state index in [4.69, 9.17) is 5.73 Å². The first kappa shape index (κ1) is 22.0. The molecule has 1 amide bonds. The SMILES string of the molecule is NC(=O)C1CCN(Cc2cnn(-c3ccc(-c4ccccc4)cc3)c2-c2ccccc2F)CC1. The van der Waals surface area contributed by atoms with Gasteiger partial charge < -0.3 is 5.73 Å². The molecule has 2 N–H and O–H groups in total. The second-order valence-corrected chi connectivity index (χ2v) is 8.78. The number of hydrogen-bond donors (Lipinski definition) is 1. The molecule has 6 heteroatoms. The minimum atomic E-state index is -0.279. The van der Waals surface area contributed by atoms with E-state index in [0.717, 1.165) is 54.0 Å². The van der Waals surface area contributed by atoms with E-state index in [1.165, 1.54) is 6.07 Å². The molecule has 1 aliphatic heterocycles. The Kier molecular flexibility index (Phi) is 6.23. The zero-order chi connectivity index (χ0) is 23.5. The fourth-order valence-corrected chi connectivity index (χ4v) is 4.68. The molecule has 1 fully saturated rings. The Bertz CT molecular complexity index is 1280. The number of aromatic nitrogens is 2. The first-order chi connectivity index (χ1) is 16.6. The molecule has 0 aliphatic carbocycles. The van der Waals surface area contributed by atoms with Crippen molar-refractivity contribution in [2.75, 3.05) is 13.1 Å². The highest BCUT2D eigenvalue weighted by molar-refractivity contribution is 5.76. The first-order valence-electron chi connectivity index (χ1n) is 11.6. The van der Waals surface area contributed by atoms with Gasteiger partial charge in [-0.25, -0.2) is 9.07 Å². The Morgan fingerprint density at radius 1 is 0.912 bits per heavy atom. The van der Waals surface area contributed by atoms with Crippen LogP contribution >= 0.6 is 0 Å². The molecule has 5 nitrogen and oxygen atoms in total. The molecule has 1 aromatic heterocycles. The van der Waals surface area contributed by atoms with Crippen molar-refractivity contribution in [2.24, 2.45) is 11.7 Å². The maximum atomic E-state index is 14.9. The van der Waals surface area contributed by atoms with Crippen LogP contribution in [0.4, 0.5) is 4.39 Å². The average molecular weight is 455 g/mol.